The molecular formula is C41H45N5O10. The van der Waals surface area contributed by atoms with Gasteiger partial charge in [0.2, 0.25) is 23.5 Å². The Labute approximate surface area is 324 Å². The summed E-state index contributed by atoms with van der Waals surface area (Å²) in [5, 5.41) is 60.2. The number of aryl methyl sites for hydroxylation is 1. The maximum absolute atomic E-state index is 10.9. The Morgan fingerprint density at radius 3 is 1.70 bits per heavy atom. The molecule has 15 nitrogen and oxygen atoms in total. The highest BCUT2D eigenvalue weighted by Crippen LogP contribution is 2.33. The first-order valence-electron chi connectivity index (χ1n) is 17.8. The molecule has 4 rings (SSSR count). The Morgan fingerprint density at radius 1 is 0.732 bits per heavy atom. The minimum atomic E-state index is -1.11. The number of benzene rings is 2. The van der Waals surface area contributed by atoms with E-state index in [9.17, 15) is 30.3 Å². The van der Waals surface area contributed by atoms with Gasteiger partial charge in [-0.15, -0.1) is 0 Å². The summed E-state index contributed by atoms with van der Waals surface area (Å²) in [7, 11) is 2.90. The number of nitrogens with zero attached hydrogens (tertiary/aromatic N) is 4. The van der Waals surface area contributed by atoms with E-state index in [1.54, 1.807) is 12.1 Å². The van der Waals surface area contributed by atoms with Crippen LogP contribution in [0, 0.1) is 36.5 Å². The average Bonchev–Trinajstić information content (AvgIpc) is 3.16. The number of nitriles is 2. The second-order valence-electron chi connectivity index (χ2n) is 13.0. The van der Waals surface area contributed by atoms with Crippen LogP contribution >= 0.6 is 0 Å². The van der Waals surface area contributed by atoms with E-state index >= 15 is 0 Å². The topological polar surface area (TPSA) is 237 Å². The van der Waals surface area contributed by atoms with Crippen LogP contribution in [-0.2, 0) is 35.8 Å². The Hall–Kier alpha value is -6.26. The van der Waals surface area contributed by atoms with Gasteiger partial charge in [-0.1, -0.05) is 36.4 Å². The van der Waals surface area contributed by atoms with Crippen LogP contribution in [0.1, 0.15) is 70.2 Å². The fourth-order valence-corrected chi connectivity index (χ4v) is 6.12. The molecule has 2 aromatic heterocycles. The van der Waals surface area contributed by atoms with Crippen LogP contribution in [0.2, 0.25) is 0 Å². The summed E-state index contributed by atoms with van der Waals surface area (Å²) in [6.45, 7) is 4.38. The monoisotopic (exact) mass is 767 g/mol. The molecule has 0 spiro atoms. The lowest BCUT2D eigenvalue weighted by Gasteiger charge is -2.18. The molecule has 0 saturated carbocycles. The van der Waals surface area contributed by atoms with E-state index in [1.165, 1.54) is 14.2 Å². The number of hydrogen-bond donors (Lipinski definition) is 5. The molecule has 15 heteroatoms. The Kier molecular flexibility index (Phi) is 15.5. The first kappa shape index (κ1) is 42.5. The third kappa shape index (κ3) is 11.4. The Balaban J connectivity index is 1.48. The van der Waals surface area contributed by atoms with Gasteiger partial charge in [0.05, 0.1) is 39.3 Å². The molecule has 294 valence electrons. The third-order valence-corrected chi connectivity index (χ3v) is 9.09. The number of carbonyl (C=O) groups is 2. The zero-order valence-corrected chi connectivity index (χ0v) is 31.7. The normalized spacial score (nSPS) is 11.9. The molecule has 5 N–H and O–H groups in total. The number of pyridine rings is 2. The summed E-state index contributed by atoms with van der Waals surface area (Å²) >= 11 is 0. The first-order valence-corrected chi connectivity index (χ1v) is 17.8. The molecule has 0 radical (unpaired) electrons. The Morgan fingerprint density at radius 2 is 1.21 bits per heavy atom. The summed E-state index contributed by atoms with van der Waals surface area (Å²) in [5.41, 5.74) is 7.12. The van der Waals surface area contributed by atoms with Crippen molar-refractivity contribution in [2.75, 3.05) is 20.8 Å². The maximum Gasteiger partial charge on any atom is 0.306 e. The maximum atomic E-state index is 10.9. The lowest BCUT2D eigenvalue weighted by Crippen LogP contribution is -2.28. The van der Waals surface area contributed by atoms with E-state index in [2.05, 4.69) is 27.4 Å². The van der Waals surface area contributed by atoms with E-state index in [0.29, 0.717) is 24.0 Å². The van der Waals surface area contributed by atoms with Crippen LogP contribution in [0.25, 0.3) is 11.1 Å². The molecule has 0 saturated heterocycles. The SMILES string of the molecule is COc1nc(OCc2cccc(-c3cccc(COc4nc(OC)c(CNC[C@@H](O)CC(=O)O)cc4C#N)c3C)c2C)c(C#N)cc1CCC[C@@H](O)CC(=O)O. The molecule has 0 bridgehead atoms. The summed E-state index contributed by atoms with van der Waals surface area (Å²) < 4.78 is 23.1. The van der Waals surface area contributed by atoms with E-state index in [0.717, 1.165) is 33.4 Å². The van der Waals surface area contributed by atoms with Crippen LogP contribution in [0.4, 0.5) is 0 Å². The lowest BCUT2D eigenvalue weighted by atomic mass is 9.92. The van der Waals surface area contributed by atoms with Gasteiger partial charge < -0.3 is 44.7 Å². The predicted octanol–water partition coefficient (Wildman–Crippen LogP) is 4.76. The van der Waals surface area contributed by atoms with Gasteiger partial charge in [-0.05, 0) is 78.6 Å². The second-order valence-corrected chi connectivity index (χ2v) is 13.0. The smallest absolute Gasteiger partial charge is 0.306 e. The number of aliphatic carboxylic acids is 2. The van der Waals surface area contributed by atoms with Crippen molar-refractivity contribution in [3.8, 4) is 46.8 Å². The number of carboxylic acid groups (broad SMARTS) is 2. The number of aromatic nitrogens is 2. The number of aliphatic hydroxyl groups excluding tert-OH is 2. The van der Waals surface area contributed by atoms with Crippen molar-refractivity contribution < 1.29 is 49.0 Å². The Bertz CT molecular complexity index is 1960. The number of nitrogens with one attached hydrogen (secondary N) is 1. The molecule has 0 amide bonds. The number of rotatable bonds is 21. The van der Waals surface area contributed by atoms with E-state index in [4.69, 9.17) is 29.2 Å². The number of ether oxygens (including phenoxy) is 4. The summed E-state index contributed by atoms with van der Waals surface area (Å²) in [6.07, 6.45) is -1.62. The molecular weight excluding hydrogens is 722 g/mol. The van der Waals surface area contributed by atoms with Crippen molar-refractivity contribution in [3.63, 3.8) is 0 Å². The van der Waals surface area contributed by atoms with Crippen molar-refractivity contribution in [2.24, 2.45) is 0 Å². The minimum absolute atomic E-state index is 0.0252. The largest absolute Gasteiger partial charge is 0.481 e. The van der Waals surface area contributed by atoms with Crippen molar-refractivity contribution in [1.82, 2.24) is 15.3 Å². The van der Waals surface area contributed by atoms with Gasteiger partial charge in [0, 0.05) is 24.2 Å². The highest BCUT2D eigenvalue weighted by Gasteiger charge is 2.19. The second kappa shape index (κ2) is 20.4. The van der Waals surface area contributed by atoms with Crippen LogP contribution in [0.5, 0.6) is 23.5 Å². The minimum Gasteiger partial charge on any atom is -0.481 e. The molecule has 56 heavy (non-hydrogen) atoms. The van der Waals surface area contributed by atoms with Crippen LogP contribution < -0.4 is 24.3 Å². The van der Waals surface area contributed by atoms with Crippen molar-refractivity contribution >= 4 is 11.9 Å². The standard InChI is InChI=1S/C41H45N5O10/c1-24-27(22-55-40-29(18-42)14-26(38(45-40)53-3)8-5-11-32(47)16-36(49)50)9-6-12-34(24)35-13-7-10-28(25(35)2)23-56-41-30(19-43)15-31(39(46-41)54-4)20-44-21-33(48)17-37(51)52/h6-7,9-10,12-15,32-33,44,47-48H,5,8,11,16-17,20-23H2,1-4H3,(H,49,50)(H,51,52)/t32-,33+/m1/s1. The van der Waals surface area contributed by atoms with Gasteiger partial charge in [0.15, 0.2) is 0 Å². The molecule has 4 aromatic rings. The van der Waals surface area contributed by atoms with Crippen LogP contribution in [0.3, 0.4) is 0 Å². The van der Waals surface area contributed by atoms with Gasteiger partial charge in [0.25, 0.3) is 0 Å². The first-order chi connectivity index (χ1) is 26.9. The number of hydrogen-bond acceptors (Lipinski definition) is 13. The highest BCUT2D eigenvalue weighted by atomic mass is 16.5. The molecule has 0 fully saturated rings. The molecule has 0 aliphatic rings. The average molecular weight is 768 g/mol. The highest BCUT2D eigenvalue weighted by molar-refractivity contribution is 5.72. The molecule has 2 atom stereocenters. The van der Waals surface area contributed by atoms with Crippen LogP contribution in [0.15, 0.2) is 48.5 Å². The summed E-state index contributed by atoms with van der Waals surface area (Å²) in [5.74, 6) is -1.49. The molecule has 0 aliphatic heterocycles. The van der Waals surface area contributed by atoms with Crippen LogP contribution in [-0.4, -0.2) is 75.3 Å². The van der Waals surface area contributed by atoms with Crippen molar-refractivity contribution in [3.05, 3.63) is 93.0 Å². The zero-order chi connectivity index (χ0) is 40.8. The van der Waals surface area contributed by atoms with Gasteiger partial charge in [-0.3, -0.25) is 9.59 Å². The van der Waals surface area contributed by atoms with E-state index in [1.807, 2.05) is 50.2 Å². The van der Waals surface area contributed by atoms with E-state index < -0.39 is 30.6 Å². The third-order valence-electron chi connectivity index (χ3n) is 9.09. The van der Waals surface area contributed by atoms with Gasteiger partial charge >= 0.3 is 11.9 Å². The fraction of sp³-hybridized carbons (Fsp3) is 0.366. The van der Waals surface area contributed by atoms with Gasteiger partial charge in [0.1, 0.15) is 36.5 Å². The van der Waals surface area contributed by atoms with Gasteiger partial charge in [-0.25, -0.2) is 0 Å². The van der Waals surface area contributed by atoms with Gasteiger partial charge in [-0.2, -0.15) is 20.5 Å². The zero-order valence-electron chi connectivity index (χ0n) is 31.7. The van der Waals surface area contributed by atoms with Crippen molar-refractivity contribution in [1.29, 1.82) is 10.5 Å². The van der Waals surface area contributed by atoms with E-state index in [-0.39, 0.29) is 73.8 Å². The lowest BCUT2D eigenvalue weighted by molar-refractivity contribution is -0.140. The quantitative estimate of drug-likeness (QED) is 0.0768. The fourth-order valence-electron chi connectivity index (χ4n) is 6.12. The molecule has 0 unspecified atom stereocenters. The summed E-state index contributed by atoms with van der Waals surface area (Å²) in [6, 6.07) is 19.2. The number of methoxy groups -OCH3 is 2. The molecule has 2 heterocycles. The number of carboxylic acids is 2. The predicted molar refractivity (Wildman–Crippen MR) is 202 cm³/mol. The summed E-state index contributed by atoms with van der Waals surface area (Å²) in [4.78, 5) is 30.6. The molecule has 0 aliphatic carbocycles. The molecule has 2 aromatic carbocycles. The number of aliphatic hydroxyl groups is 2. The van der Waals surface area contributed by atoms with Crippen molar-refractivity contribution in [2.45, 2.75) is 77.9 Å².